The maximum Gasteiger partial charge on any atom is 0.251 e. The fraction of sp³-hybridized carbons (Fsp3) is 0.310. The molecule has 4 heteroatoms. The molecule has 1 aliphatic rings. The zero-order chi connectivity index (χ0) is 24.0. The van der Waals surface area contributed by atoms with Crippen LogP contribution in [0, 0.1) is 0 Å². The monoisotopic (exact) mass is 442 g/mol. The number of carbonyl (C=O) groups excluding carboxylic acids is 1. The van der Waals surface area contributed by atoms with Gasteiger partial charge in [0.25, 0.3) is 5.56 Å². The summed E-state index contributed by atoms with van der Waals surface area (Å²) < 4.78 is 0. The van der Waals surface area contributed by atoms with Crippen LogP contribution >= 0.6 is 0 Å². The number of amides is 1. The summed E-state index contributed by atoms with van der Waals surface area (Å²) in [6.07, 6.45) is 10.1. The Morgan fingerprint density at radius 1 is 1.09 bits per heavy atom. The predicted molar refractivity (Wildman–Crippen MR) is 137 cm³/mol. The number of hydrogen-bond acceptors (Lipinski definition) is 2. The molecule has 1 aromatic carbocycles. The summed E-state index contributed by atoms with van der Waals surface area (Å²) >= 11 is 0. The molecule has 0 aliphatic carbocycles. The first-order valence-corrected chi connectivity index (χ1v) is 11.5. The van der Waals surface area contributed by atoms with Crippen molar-refractivity contribution in [3.05, 3.63) is 112 Å². The van der Waals surface area contributed by atoms with E-state index in [0.29, 0.717) is 12.8 Å². The number of hydrogen-bond donors (Lipinski definition) is 2. The van der Waals surface area contributed by atoms with Gasteiger partial charge in [0.1, 0.15) is 0 Å². The number of aryl methyl sites for hydroxylation is 1. The van der Waals surface area contributed by atoms with Crippen LogP contribution in [-0.2, 0) is 16.6 Å². The second kappa shape index (κ2) is 10.5. The molecule has 0 bridgehead atoms. The van der Waals surface area contributed by atoms with E-state index in [0.717, 1.165) is 40.8 Å². The Hall–Kier alpha value is -3.40. The van der Waals surface area contributed by atoms with Crippen LogP contribution < -0.4 is 10.9 Å². The molecule has 0 unspecified atom stereocenters. The molecule has 0 spiro atoms. The van der Waals surface area contributed by atoms with E-state index in [4.69, 9.17) is 0 Å². The zero-order valence-electron chi connectivity index (χ0n) is 19.9. The van der Waals surface area contributed by atoms with Crippen LogP contribution in [0.5, 0.6) is 0 Å². The van der Waals surface area contributed by atoms with Crippen LogP contribution in [0.15, 0.2) is 84.2 Å². The Morgan fingerprint density at radius 3 is 2.36 bits per heavy atom. The third kappa shape index (κ3) is 6.32. The number of carbonyl (C=O) groups is 1. The molecule has 2 N–H and O–H groups in total. The third-order valence-corrected chi connectivity index (χ3v) is 6.02. The lowest BCUT2D eigenvalue weighted by molar-refractivity contribution is -0.119. The van der Waals surface area contributed by atoms with Crippen LogP contribution in [0.2, 0.25) is 0 Å². The summed E-state index contributed by atoms with van der Waals surface area (Å²) in [5, 5.41) is 3.01. The van der Waals surface area contributed by atoms with E-state index in [-0.39, 0.29) is 22.9 Å². The Morgan fingerprint density at radius 2 is 1.82 bits per heavy atom. The van der Waals surface area contributed by atoms with Crippen LogP contribution in [-0.4, -0.2) is 16.9 Å². The van der Waals surface area contributed by atoms with Crippen molar-refractivity contribution >= 4 is 11.5 Å². The number of pyridine rings is 1. The highest BCUT2D eigenvalue weighted by molar-refractivity contribution is 5.82. The van der Waals surface area contributed by atoms with Crippen molar-refractivity contribution in [2.45, 2.75) is 57.9 Å². The second-order valence-corrected chi connectivity index (χ2v) is 9.53. The minimum atomic E-state index is -0.0952. The van der Waals surface area contributed by atoms with Crippen LogP contribution in [0.1, 0.15) is 62.4 Å². The first kappa shape index (κ1) is 24.2. The number of allylic oxidation sites excluding steroid dienone is 4. The first-order valence-electron chi connectivity index (χ1n) is 11.5. The van der Waals surface area contributed by atoms with E-state index in [1.54, 1.807) is 12.2 Å². The normalized spacial score (nSPS) is 17.1. The molecule has 0 saturated carbocycles. The standard InChI is InChI=1S/C29H34N2O2/c1-6-8-20(7-2)9-10-22-13-17-26(31-28(22)33)25(19-24-16-18-27(32)30-24)21-11-14-23(15-12-21)29(3,4)5/h6-8,11-15,17,19,24H,1-2,9-10,16,18H2,3-5H3,(H,30,32)(H,31,33)/b20-8+,25-19+/t24-/m1/s1. The molecule has 172 valence electrons. The molecular weight excluding hydrogens is 408 g/mol. The van der Waals surface area contributed by atoms with Gasteiger partial charge < -0.3 is 10.3 Å². The average Bonchev–Trinajstić information content (AvgIpc) is 3.20. The second-order valence-electron chi connectivity index (χ2n) is 9.53. The number of rotatable bonds is 8. The Balaban J connectivity index is 1.94. The average molecular weight is 443 g/mol. The number of aromatic nitrogens is 1. The SMILES string of the molecule is C=C/C=C(\C=C)CCc1ccc(/C(=C/[C@H]2CCC(=O)N2)c2ccc(C(C)(C)C)cc2)[nH]c1=O. The zero-order valence-corrected chi connectivity index (χ0v) is 19.9. The Labute approximate surface area is 196 Å². The summed E-state index contributed by atoms with van der Waals surface area (Å²) in [5.41, 5.74) is 5.66. The van der Waals surface area contributed by atoms with Gasteiger partial charge in [-0.1, -0.05) is 88.6 Å². The van der Waals surface area contributed by atoms with Gasteiger partial charge in [0.15, 0.2) is 0 Å². The molecule has 1 fully saturated rings. The van der Waals surface area contributed by atoms with Gasteiger partial charge in [-0.2, -0.15) is 0 Å². The molecule has 1 atom stereocenters. The van der Waals surface area contributed by atoms with Crippen LogP contribution in [0.25, 0.3) is 5.57 Å². The highest BCUT2D eigenvalue weighted by atomic mass is 16.2. The highest BCUT2D eigenvalue weighted by Crippen LogP contribution is 2.28. The van der Waals surface area contributed by atoms with Gasteiger partial charge in [0.05, 0.1) is 0 Å². The predicted octanol–water partition coefficient (Wildman–Crippen LogP) is 5.61. The van der Waals surface area contributed by atoms with Gasteiger partial charge in [-0.25, -0.2) is 0 Å². The third-order valence-electron chi connectivity index (χ3n) is 6.02. The molecular formula is C29H34N2O2. The van der Waals surface area contributed by atoms with Crippen molar-refractivity contribution in [3.8, 4) is 0 Å². The minimum absolute atomic E-state index is 0.0443. The van der Waals surface area contributed by atoms with Crippen molar-refractivity contribution in [2.75, 3.05) is 0 Å². The Kier molecular flexibility index (Phi) is 7.70. The van der Waals surface area contributed by atoms with Crippen LogP contribution in [0.3, 0.4) is 0 Å². The fourth-order valence-electron chi connectivity index (χ4n) is 4.00. The van der Waals surface area contributed by atoms with Gasteiger partial charge in [-0.05, 0) is 47.4 Å². The van der Waals surface area contributed by atoms with Crippen molar-refractivity contribution < 1.29 is 4.79 Å². The molecule has 4 nitrogen and oxygen atoms in total. The van der Waals surface area contributed by atoms with E-state index in [9.17, 15) is 9.59 Å². The molecule has 1 aliphatic heterocycles. The summed E-state index contributed by atoms with van der Waals surface area (Å²) in [4.78, 5) is 27.7. The quantitative estimate of drug-likeness (QED) is 0.522. The topological polar surface area (TPSA) is 62.0 Å². The molecule has 33 heavy (non-hydrogen) atoms. The highest BCUT2D eigenvalue weighted by Gasteiger charge is 2.21. The van der Waals surface area contributed by atoms with Gasteiger partial charge in [-0.3, -0.25) is 9.59 Å². The molecule has 2 heterocycles. The Bertz CT molecular complexity index is 1140. The molecule has 0 radical (unpaired) electrons. The number of nitrogens with one attached hydrogen (secondary N) is 2. The molecule has 1 saturated heterocycles. The summed E-state index contributed by atoms with van der Waals surface area (Å²) in [6, 6.07) is 12.3. The number of benzene rings is 1. The molecule has 1 amide bonds. The fourth-order valence-corrected chi connectivity index (χ4v) is 4.00. The van der Waals surface area contributed by atoms with Crippen LogP contribution in [0.4, 0.5) is 0 Å². The van der Waals surface area contributed by atoms with Crippen molar-refractivity contribution in [3.63, 3.8) is 0 Å². The van der Waals surface area contributed by atoms with E-state index in [1.165, 1.54) is 5.56 Å². The summed E-state index contributed by atoms with van der Waals surface area (Å²) in [6.45, 7) is 14.1. The van der Waals surface area contributed by atoms with E-state index >= 15 is 0 Å². The lowest BCUT2D eigenvalue weighted by atomic mass is 9.86. The minimum Gasteiger partial charge on any atom is -0.350 e. The summed E-state index contributed by atoms with van der Waals surface area (Å²) in [5.74, 6) is 0.0631. The lowest BCUT2D eigenvalue weighted by Gasteiger charge is -2.20. The number of aromatic amines is 1. The number of H-pyrrole nitrogens is 1. The van der Waals surface area contributed by atoms with Crippen molar-refractivity contribution in [1.29, 1.82) is 0 Å². The van der Waals surface area contributed by atoms with E-state index in [2.05, 4.69) is 74.6 Å². The van der Waals surface area contributed by atoms with Crippen molar-refractivity contribution in [1.82, 2.24) is 10.3 Å². The largest absolute Gasteiger partial charge is 0.350 e. The molecule has 3 rings (SSSR count). The van der Waals surface area contributed by atoms with Gasteiger partial charge in [0.2, 0.25) is 5.91 Å². The smallest absolute Gasteiger partial charge is 0.251 e. The van der Waals surface area contributed by atoms with Gasteiger partial charge in [-0.15, -0.1) is 0 Å². The van der Waals surface area contributed by atoms with E-state index < -0.39 is 0 Å². The molecule has 2 aromatic rings. The molecule has 1 aromatic heterocycles. The maximum atomic E-state index is 12.9. The first-order chi connectivity index (χ1) is 15.7. The maximum absolute atomic E-state index is 12.9. The summed E-state index contributed by atoms with van der Waals surface area (Å²) in [7, 11) is 0. The van der Waals surface area contributed by atoms with Crippen molar-refractivity contribution in [2.24, 2.45) is 0 Å². The van der Waals surface area contributed by atoms with E-state index in [1.807, 2.05) is 18.2 Å². The van der Waals surface area contributed by atoms with Gasteiger partial charge >= 0.3 is 0 Å². The van der Waals surface area contributed by atoms with Gasteiger partial charge in [0, 0.05) is 29.3 Å². The lowest BCUT2D eigenvalue weighted by Crippen LogP contribution is -2.24.